The molecule has 3 rings (SSSR count). The van der Waals surface area contributed by atoms with E-state index in [9.17, 15) is 9.59 Å². The number of amides is 1. The molecule has 2 aromatic rings. The van der Waals surface area contributed by atoms with Gasteiger partial charge < -0.3 is 14.2 Å². The van der Waals surface area contributed by atoms with Crippen LogP contribution in [0.5, 0.6) is 11.5 Å². The fourth-order valence-electron chi connectivity index (χ4n) is 3.78. The van der Waals surface area contributed by atoms with Crippen molar-refractivity contribution in [2.75, 3.05) is 25.7 Å². The Morgan fingerprint density at radius 1 is 1.03 bits per heavy atom. The number of carbonyl (C=O) groups is 2. The number of methoxy groups -OCH3 is 2. The lowest BCUT2D eigenvalue weighted by Crippen LogP contribution is -2.24. The number of hydrogen-bond acceptors (Lipinski definition) is 5. The maximum absolute atomic E-state index is 13.5. The van der Waals surface area contributed by atoms with Gasteiger partial charge in [0.2, 0.25) is 0 Å². The summed E-state index contributed by atoms with van der Waals surface area (Å²) in [7, 11) is 2.85. The van der Waals surface area contributed by atoms with Gasteiger partial charge in [-0.3, -0.25) is 9.69 Å². The number of rotatable bonds is 7. The van der Waals surface area contributed by atoms with Crippen molar-refractivity contribution in [3.8, 4) is 11.5 Å². The molecule has 166 valence electrons. The summed E-state index contributed by atoms with van der Waals surface area (Å²) in [5.41, 5.74) is 4.47. The van der Waals surface area contributed by atoms with E-state index in [1.165, 1.54) is 7.11 Å². The standard InChI is InChI=1S/C26H27NO5/c1-7-10-32-22-9-8-19(15-23(22)30-5)14-21-24(26(29)31-6)18(4)27(25(21)28)20-12-16(2)11-17(3)13-20/h7-9,11-15H,1,10H2,2-6H3/b21-14-. The molecular weight excluding hydrogens is 406 g/mol. The minimum absolute atomic E-state index is 0.239. The second-order valence-corrected chi connectivity index (χ2v) is 7.51. The lowest BCUT2D eigenvalue weighted by molar-refractivity contribution is -0.136. The Kier molecular flexibility index (Phi) is 6.83. The summed E-state index contributed by atoms with van der Waals surface area (Å²) in [6, 6.07) is 11.2. The molecule has 1 aliphatic rings. The minimum Gasteiger partial charge on any atom is -0.493 e. The number of esters is 1. The van der Waals surface area contributed by atoms with Crippen molar-refractivity contribution in [3.63, 3.8) is 0 Å². The van der Waals surface area contributed by atoms with Crippen molar-refractivity contribution < 1.29 is 23.8 Å². The number of ether oxygens (including phenoxy) is 3. The normalized spacial score (nSPS) is 14.7. The molecule has 0 aromatic heterocycles. The average molecular weight is 434 g/mol. The Bertz CT molecular complexity index is 1120. The number of nitrogens with zero attached hydrogens (tertiary/aromatic N) is 1. The van der Waals surface area contributed by atoms with E-state index in [1.54, 1.807) is 49.3 Å². The van der Waals surface area contributed by atoms with Gasteiger partial charge in [0.05, 0.1) is 25.4 Å². The molecule has 1 amide bonds. The van der Waals surface area contributed by atoms with Crippen molar-refractivity contribution in [2.45, 2.75) is 20.8 Å². The number of allylic oxidation sites excluding steroid dienone is 1. The molecule has 0 N–H and O–H groups in total. The molecule has 1 aliphatic heterocycles. The molecule has 0 unspecified atom stereocenters. The lowest BCUT2D eigenvalue weighted by Gasteiger charge is -2.19. The topological polar surface area (TPSA) is 65.1 Å². The molecule has 0 saturated heterocycles. The first-order chi connectivity index (χ1) is 15.3. The molecule has 1 heterocycles. The molecule has 6 heteroatoms. The van der Waals surface area contributed by atoms with Gasteiger partial charge in [-0.15, -0.1) is 0 Å². The summed E-state index contributed by atoms with van der Waals surface area (Å²) in [6.07, 6.45) is 3.31. The molecule has 6 nitrogen and oxygen atoms in total. The monoisotopic (exact) mass is 433 g/mol. The molecule has 0 fully saturated rings. The largest absolute Gasteiger partial charge is 0.493 e. The summed E-state index contributed by atoms with van der Waals surface area (Å²) in [4.78, 5) is 27.7. The van der Waals surface area contributed by atoms with E-state index in [0.717, 1.165) is 11.1 Å². The number of anilines is 1. The van der Waals surface area contributed by atoms with Gasteiger partial charge in [-0.2, -0.15) is 0 Å². The van der Waals surface area contributed by atoms with E-state index in [1.807, 2.05) is 32.0 Å². The fourth-order valence-corrected chi connectivity index (χ4v) is 3.78. The highest BCUT2D eigenvalue weighted by Crippen LogP contribution is 2.37. The zero-order valence-corrected chi connectivity index (χ0v) is 19.0. The van der Waals surface area contributed by atoms with Crippen LogP contribution in [0.4, 0.5) is 5.69 Å². The second-order valence-electron chi connectivity index (χ2n) is 7.51. The van der Waals surface area contributed by atoms with E-state index in [2.05, 4.69) is 6.58 Å². The SMILES string of the molecule is C=CCOc1ccc(/C=C2\C(=O)N(c3cc(C)cc(C)c3)C(C)=C2C(=O)OC)cc1OC. The maximum Gasteiger partial charge on any atom is 0.340 e. The van der Waals surface area contributed by atoms with Crippen LogP contribution in [0.25, 0.3) is 6.08 Å². The quantitative estimate of drug-likeness (QED) is 0.358. The highest BCUT2D eigenvalue weighted by atomic mass is 16.5. The van der Waals surface area contributed by atoms with Crippen LogP contribution in [-0.4, -0.2) is 32.7 Å². The van der Waals surface area contributed by atoms with E-state index in [0.29, 0.717) is 35.1 Å². The van der Waals surface area contributed by atoms with Crippen molar-refractivity contribution in [2.24, 2.45) is 0 Å². The number of benzene rings is 2. The first-order valence-electron chi connectivity index (χ1n) is 10.2. The van der Waals surface area contributed by atoms with Gasteiger partial charge in [-0.05, 0) is 67.8 Å². The first kappa shape index (κ1) is 22.9. The molecule has 0 radical (unpaired) electrons. The van der Waals surface area contributed by atoms with E-state index >= 15 is 0 Å². The van der Waals surface area contributed by atoms with Crippen LogP contribution in [0.3, 0.4) is 0 Å². The van der Waals surface area contributed by atoms with Gasteiger partial charge in [0.25, 0.3) is 5.91 Å². The predicted molar refractivity (Wildman–Crippen MR) is 125 cm³/mol. The fraction of sp³-hybridized carbons (Fsp3) is 0.231. The Balaban J connectivity index is 2.10. The molecule has 2 aromatic carbocycles. The number of hydrogen-bond donors (Lipinski definition) is 0. The van der Waals surface area contributed by atoms with Gasteiger partial charge in [0.15, 0.2) is 11.5 Å². The Morgan fingerprint density at radius 3 is 2.31 bits per heavy atom. The molecular formula is C26H27NO5. The van der Waals surface area contributed by atoms with Crippen LogP contribution >= 0.6 is 0 Å². The summed E-state index contributed by atoms with van der Waals surface area (Å²) in [6.45, 7) is 9.67. The second kappa shape index (κ2) is 9.56. The third-order valence-corrected chi connectivity index (χ3v) is 5.11. The smallest absolute Gasteiger partial charge is 0.340 e. The highest BCUT2D eigenvalue weighted by molar-refractivity contribution is 6.23. The van der Waals surface area contributed by atoms with Crippen LogP contribution in [-0.2, 0) is 14.3 Å². The molecule has 0 atom stereocenters. The zero-order valence-electron chi connectivity index (χ0n) is 19.0. The third kappa shape index (κ3) is 4.44. The van der Waals surface area contributed by atoms with Crippen molar-refractivity contribution >= 4 is 23.6 Å². The molecule has 0 saturated carbocycles. The average Bonchev–Trinajstić information content (AvgIpc) is 3.00. The molecule has 0 spiro atoms. The van der Waals surface area contributed by atoms with Crippen LogP contribution in [0.1, 0.15) is 23.6 Å². The van der Waals surface area contributed by atoms with Gasteiger partial charge in [0.1, 0.15) is 6.61 Å². The first-order valence-corrected chi connectivity index (χ1v) is 10.2. The van der Waals surface area contributed by atoms with Crippen molar-refractivity contribution in [1.29, 1.82) is 0 Å². The number of aryl methyl sites for hydroxylation is 2. The van der Waals surface area contributed by atoms with Gasteiger partial charge >= 0.3 is 5.97 Å². The minimum atomic E-state index is -0.563. The van der Waals surface area contributed by atoms with Gasteiger partial charge in [-0.1, -0.05) is 24.8 Å². The lowest BCUT2D eigenvalue weighted by atomic mass is 10.0. The summed E-state index contributed by atoms with van der Waals surface area (Å²) >= 11 is 0. The Morgan fingerprint density at radius 2 is 1.72 bits per heavy atom. The molecule has 0 aliphatic carbocycles. The highest BCUT2D eigenvalue weighted by Gasteiger charge is 2.38. The van der Waals surface area contributed by atoms with Crippen LogP contribution in [0.2, 0.25) is 0 Å². The summed E-state index contributed by atoms with van der Waals surface area (Å²) < 4.78 is 16.0. The van der Waals surface area contributed by atoms with Crippen LogP contribution in [0, 0.1) is 13.8 Å². The van der Waals surface area contributed by atoms with Crippen LogP contribution in [0.15, 0.2) is 65.9 Å². The van der Waals surface area contributed by atoms with Crippen molar-refractivity contribution in [1.82, 2.24) is 0 Å². The zero-order chi connectivity index (χ0) is 23.4. The predicted octanol–water partition coefficient (Wildman–Crippen LogP) is 4.75. The van der Waals surface area contributed by atoms with Crippen molar-refractivity contribution in [3.05, 3.63) is 82.6 Å². The van der Waals surface area contributed by atoms with E-state index < -0.39 is 5.97 Å². The molecule has 32 heavy (non-hydrogen) atoms. The Labute approximate surface area is 188 Å². The van der Waals surface area contributed by atoms with Gasteiger partial charge in [-0.25, -0.2) is 4.79 Å². The summed E-state index contributed by atoms with van der Waals surface area (Å²) in [5, 5.41) is 0. The maximum atomic E-state index is 13.5. The Hall–Kier alpha value is -3.80. The van der Waals surface area contributed by atoms with Gasteiger partial charge in [0, 0.05) is 11.4 Å². The summed E-state index contributed by atoms with van der Waals surface area (Å²) in [5.74, 6) is 0.216. The van der Waals surface area contributed by atoms with Crippen LogP contribution < -0.4 is 14.4 Å². The van der Waals surface area contributed by atoms with E-state index in [4.69, 9.17) is 14.2 Å². The van der Waals surface area contributed by atoms with E-state index in [-0.39, 0.29) is 17.1 Å². The number of carbonyl (C=O) groups excluding carboxylic acids is 2. The molecule has 0 bridgehead atoms. The third-order valence-electron chi connectivity index (χ3n) is 5.11.